The topological polar surface area (TPSA) is 73.3 Å². The van der Waals surface area contributed by atoms with E-state index in [0.717, 1.165) is 11.3 Å². The molecule has 0 bridgehead atoms. The summed E-state index contributed by atoms with van der Waals surface area (Å²) in [4.78, 5) is 19.7. The first-order valence-corrected chi connectivity index (χ1v) is 6.50. The van der Waals surface area contributed by atoms with Gasteiger partial charge in [-0.2, -0.15) is 0 Å². The summed E-state index contributed by atoms with van der Waals surface area (Å²) in [5.41, 5.74) is 1.63. The predicted octanol–water partition coefficient (Wildman–Crippen LogP) is 2.07. The maximum Gasteiger partial charge on any atom is 0.316 e. The number of nitrogens with zero attached hydrogens (tertiary/aromatic N) is 2. The minimum atomic E-state index is -0.0837. The number of aryl methyl sites for hydroxylation is 1. The molecule has 21 heavy (non-hydrogen) atoms. The Morgan fingerprint density at radius 1 is 1.10 bits per heavy atom. The Morgan fingerprint density at radius 3 is 2.33 bits per heavy atom. The first-order valence-electron chi connectivity index (χ1n) is 6.50. The second kappa shape index (κ2) is 7.23. The van der Waals surface area contributed by atoms with E-state index in [-0.39, 0.29) is 11.9 Å². The molecule has 1 N–H and O–H groups in total. The molecule has 1 aromatic carbocycles. The van der Waals surface area contributed by atoms with Crippen LogP contribution in [0.4, 0.5) is 5.69 Å². The molecule has 0 saturated heterocycles. The van der Waals surface area contributed by atoms with Gasteiger partial charge in [-0.15, -0.1) is 0 Å². The zero-order valence-corrected chi connectivity index (χ0v) is 12.0. The quantitative estimate of drug-likeness (QED) is 0.880. The largest absolute Gasteiger partial charge is 0.497 e. The SMILES string of the molecule is COc1ccc(CCC(=O)Nc2cnc(OC)nc2)cc1. The van der Waals surface area contributed by atoms with Crippen LogP contribution in [0, 0.1) is 0 Å². The summed E-state index contributed by atoms with van der Waals surface area (Å²) < 4.78 is 9.94. The highest BCUT2D eigenvalue weighted by atomic mass is 16.5. The molecule has 0 spiro atoms. The Balaban J connectivity index is 1.83. The third-order valence-corrected chi connectivity index (χ3v) is 2.89. The summed E-state index contributed by atoms with van der Waals surface area (Å²) in [6.45, 7) is 0. The van der Waals surface area contributed by atoms with Crippen molar-refractivity contribution in [2.75, 3.05) is 19.5 Å². The molecule has 0 unspecified atom stereocenters. The van der Waals surface area contributed by atoms with Crippen LogP contribution in [0.1, 0.15) is 12.0 Å². The summed E-state index contributed by atoms with van der Waals surface area (Å²) in [6.07, 6.45) is 4.07. The van der Waals surface area contributed by atoms with Crippen LogP contribution in [-0.4, -0.2) is 30.1 Å². The summed E-state index contributed by atoms with van der Waals surface area (Å²) in [6, 6.07) is 7.92. The minimum Gasteiger partial charge on any atom is -0.497 e. The molecule has 0 aliphatic carbocycles. The van der Waals surface area contributed by atoms with Gasteiger partial charge < -0.3 is 14.8 Å². The van der Waals surface area contributed by atoms with Crippen LogP contribution in [0.5, 0.6) is 11.8 Å². The number of nitrogens with one attached hydrogen (secondary N) is 1. The summed E-state index contributed by atoms with van der Waals surface area (Å²) >= 11 is 0. The lowest BCUT2D eigenvalue weighted by molar-refractivity contribution is -0.116. The molecular weight excluding hydrogens is 270 g/mol. The third kappa shape index (κ3) is 4.45. The highest BCUT2D eigenvalue weighted by Crippen LogP contribution is 2.13. The van der Waals surface area contributed by atoms with Crippen LogP contribution >= 0.6 is 0 Å². The summed E-state index contributed by atoms with van der Waals surface area (Å²) in [7, 11) is 3.11. The van der Waals surface area contributed by atoms with Gasteiger partial charge >= 0.3 is 6.01 Å². The summed E-state index contributed by atoms with van der Waals surface area (Å²) in [5.74, 6) is 0.721. The van der Waals surface area contributed by atoms with Crippen LogP contribution < -0.4 is 14.8 Å². The molecule has 1 aromatic heterocycles. The highest BCUT2D eigenvalue weighted by Gasteiger charge is 2.05. The lowest BCUT2D eigenvalue weighted by atomic mass is 10.1. The van der Waals surface area contributed by atoms with Crippen molar-refractivity contribution >= 4 is 11.6 Å². The molecule has 0 aliphatic heterocycles. The minimum absolute atomic E-state index is 0.0837. The van der Waals surface area contributed by atoms with Crippen molar-refractivity contribution in [1.29, 1.82) is 0 Å². The van der Waals surface area contributed by atoms with Crippen molar-refractivity contribution < 1.29 is 14.3 Å². The smallest absolute Gasteiger partial charge is 0.316 e. The van der Waals surface area contributed by atoms with Crippen molar-refractivity contribution in [2.24, 2.45) is 0 Å². The number of ether oxygens (including phenoxy) is 2. The number of anilines is 1. The monoisotopic (exact) mass is 287 g/mol. The van der Waals surface area contributed by atoms with E-state index >= 15 is 0 Å². The van der Waals surface area contributed by atoms with E-state index in [1.807, 2.05) is 24.3 Å². The van der Waals surface area contributed by atoms with Crippen LogP contribution in [0.2, 0.25) is 0 Å². The van der Waals surface area contributed by atoms with Gasteiger partial charge in [0.1, 0.15) is 5.75 Å². The van der Waals surface area contributed by atoms with Crippen LogP contribution in [0.15, 0.2) is 36.7 Å². The fraction of sp³-hybridized carbons (Fsp3) is 0.267. The maximum absolute atomic E-state index is 11.8. The molecule has 0 radical (unpaired) electrons. The van der Waals surface area contributed by atoms with E-state index in [1.165, 1.54) is 19.5 Å². The Labute approximate surface area is 123 Å². The third-order valence-electron chi connectivity index (χ3n) is 2.89. The van der Waals surface area contributed by atoms with Gasteiger partial charge in [0.05, 0.1) is 32.3 Å². The predicted molar refractivity (Wildman–Crippen MR) is 78.5 cm³/mol. The highest BCUT2D eigenvalue weighted by molar-refractivity contribution is 5.90. The first-order chi connectivity index (χ1) is 10.2. The van der Waals surface area contributed by atoms with Gasteiger partial charge in [-0.3, -0.25) is 4.79 Å². The van der Waals surface area contributed by atoms with Gasteiger partial charge in [0.15, 0.2) is 0 Å². The zero-order chi connectivity index (χ0) is 15.1. The Morgan fingerprint density at radius 2 is 1.76 bits per heavy atom. The number of methoxy groups -OCH3 is 2. The van der Waals surface area contributed by atoms with Crippen molar-refractivity contribution in [2.45, 2.75) is 12.8 Å². The molecule has 2 rings (SSSR count). The second-order valence-electron chi connectivity index (χ2n) is 4.35. The molecular formula is C15H17N3O3. The van der Waals surface area contributed by atoms with E-state index in [9.17, 15) is 4.79 Å². The van der Waals surface area contributed by atoms with E-state index in [2.05, 4.69) is 15.3 Å². The average molecular weight is 287 g/mol. The Bertz CT molecular complexity index is 582. The van der Waals surface area contributed by atoms with Gasteiger partial charge in [-0.05, 0) is 24.1 Å². The maximum atomic E-state index is 11.8. The fourth-order valence-corrected chi connectivity index (χ4v) is 1.76. The van der Waals surface area contributed by atoms with E-state index in [0.29, 0.717) is 18.5 Å². The Kier molecular flexibility index (Phi) is 5.09. The fourth-order valence-electron chi connectivity index (χ4n) is 1.76. The van der Waals surface area contributed by atoms with E-state index in [4.69, 9.17) is 9.47 Å². The molecule has 6 heteroatoms. The second-order valence-corrected chi connectivity index (χ2v) is 4.35. The molecule has 0 fully saturated rings. The van der Waals surface area contributed by atoms with Crippen molar-refractivity contribution in [3.8, 4) is 11.8 Å². The molecule has 2 aromatic rings. The van der Waals surface area contributed by atoms with Gasteiger partial charge in [0, 0.05) is 6.42 Å². The van der Waals surface area contributed by atoms with Gasteiger partial charge in [0.2, 0.25) is 5.91 Å². The molecule has 1 heterocycles. The standard InChI is InChI=1S/C15H17N3O3/c1-20-13-6-3-11(4-7-13)5-8-14(19)18-12-9-16-15(21-2)17-10-12/h3-4,6-7,9-10H,5,8H2,1-2H3,(H,18,19). The molecule has 6 nitrogen and oxygen atoms in total. The van der Waals surface area contributed by atoms with Gasteiger partial charge in [-0.1, -0.05) is 12.1 Å². The van der Waals surface area contributed by atoms with Crippen LogP contribution in [0.3, 0.4) is 0 Å². The van der Waals surface area contributed by atoms with Crippen LogP contribution in [-0.2, 0) is 11.2 Å². The lowest BCUT2D eigenvalue weighted by Crippen LogP contribution is -2.12. The van der Waals surface area contributed by atoms with Crippen molar-refractivity contribution in [3.63, 3.8) is 0 Å². The molecule has 110 valence electrons. The number of hydrogen-bond acceptors (Lipinski definition) is 5. The Hall–Kier alpha value is -2.63. The van der Waals surface area contributed by atoms with Crippen LogP contribution in [0.25, 0.3) is 0 Å². The number of carbonyl (C=O) groups excluding carboxylic acids is 1. The van der Waals surface area contributed by atoms with Crippen molar-refractivity contribution in [1.82, 2.24) is 9.97 Å². The lowest BCUT2D eigenvalue weighted by Gasteiger charge is -2.06. The number of rotatable bonds is 6. The summed E-state index contributed by atoms with van der Waals surface area (Å²) in [5, 5.41) is 2.74. The van der Waals surface area contributed by atoms with E-state index < -0.39 is 0 Å². The molecule has 0 atom stereocenters. The average Bonchev–Trinajstić information content (AvgIpc) is 2.54. The number of carbonyl (C=O) groups is 1. The molecule has 1 amide bonds. The van der Waals surface area contributed by atoms with Gasteiger partial charge in [0.25, 0.3) is 0 Å². The first kappa shape index (κ1) is 14.8. The number of hydrogen-bond donors (Lipinski definition) is 1. The molecule has 0 aliphatic rings. The van der Waals surface area contributed by atoms with E-state index in [1.54, 1.807) is 7.11 Å². The number of aromatic nitrogens is 2. The van der Waals surface area contributed by atoms with Gasteiger partial charge in [-0.25, -0.2) is 9.97 Å². The normalized spacial score (nSPS) is 10.0. The van der Waals surface area contributed by atoms with Crippen molar-refractivity contribution in [3.05, 3.63) is 42.2 Å². The number of amides is 1. The molecule has 0 saturated carbocycles. The number of benzene rings is 1. The zero-order valence-electron chi connectivity index (χ0n) is 12.0.